The molecule has 0 aromatic heterocycles. The predicted octanol–water partition coefficient (Wildman–Crippen LogP) is 3.40. The van der Waals surface area contributed by atoms with Crippen LogP contribution in [0.4, 0.5) is 0 Å². The number of carbonyl (C=O) groups is 1. The van der Waals surface area contributed by atoms with Crippen LogP contribution in [0.25, 0.3) is 0 Å². The molecule has 1 aromatic carbocycles. The van der Waals surface area contributed by atoms with Crippen molar-refractivity contribution in [1.29, 1.82) is 0 Å². The number of nitrogens with zero attached hydrogens (tertiary/aromatic N) is 1. The van der Waals surface area contributed by atoms with Crippen LogP contribution in [-0.4, -0.2) is 50.8 Å². The van der Waals surface area contributed by atoms with E-state index >= 15 is 0 Å². The van der Waals surface area contributed by atoms with Crippen LogP contribution < -0.4 is 10.1 Å². The fraction of sp³-hybridized carbons (Fsp3) is 0.650. The normalized spacial score (nSPS) is 15.0. The van der Waals surface area contributed by atoms with Crippen molar-refractivity contribution < 1.29 is 14.3 Å². The van der Waals surface area contributed by atoms with Crippen LogP contribution in [0.5, 0.6) is 5.75 Å². The second-order valence-electron chi connectivity index (χ2n) is 6.84. The highest BCUT2D eigenvalue weighted by molar-refractivity contribution is 5.96. The maximum atomic E-state index is 12.7. The molecule has 1 N–H and O–H groups in total. The van der Waals surface area contributed by atoms with Gasteiger partial charge in [-0.3, -0.25) is 4.79 Å². The van der Waals surface area contributed by atoms with Crippen LogP contribution in [0, 0.1) is 0 Å². The van der Waals surface area contributed by atoms with Gasteiger partial charge in [0.25, 0.3) is 5.91 Å². The van der Waals surface area contributed by atoms with Gasteiger partial charge in [-0.05, 0) is 43.9 Å². The Bertz CT molecular complexity index is 558. The average Bonchev–Trinajstić information content (AvgIpc) is 3.42. The highest BCUT2D eigenvalue weighted by Gasteiger charge is 2.24. The van der Waals surface area contributed by atoms with E-state index in [1.807, 2.05) is 25.2 Å². The molecule has 140 valence electrons. The second kappa shape index (κ2) is 9.78. The summed E-state index contributed by atoms with van der Waals surface area (Å²) in [5, 5.41) is 3.59. The Balaban J connectivity index is 2.15. The lowest BCUT2D eigenvalue weighted by molar-refractivity contribution is 0.0790. The van der Waals surface area contributed by atoms with E-state index in [2.05, 4.69) is 19.2 Å². The summed E-state index contributed by atoms with van der Waals surface area (Å²) in [6.45, 7) is 6.16. The molecule has 25 heavy (non-hydrogen) atoms. The summed E-state index contributed by atoms with van der Waals surface area (Å²) in [6, 6.07) is 6.85. The van der Waals surface area contributed by atoms with Gasteiger partial charge in [0.05, 0.1) is 12.2 Å². The van der Waals surface area contributed by atoms with Gasteiger partial charge in [-0.25, -0.2) is 0 Å². The molecule has 2 rings (SSSR count). The Morgan fingerprint density at radius 3 is 2.76 bits per heavy atom. The molecule has 1 atom stereocenters. The van der Waals surface area contributed by atoms with E-state index in [1.165, 1.54) is 12.8 Å². The molecule has 0 heterocycles. The number of hydrogen-bond donors (Lipinski definition) is 1. The van der Waals surface area contributed by atoms with Gasteiger partial charge in [-0.1, -0.05) is 13.0 Å². The highest BCUT2D eigenvalue weighted by Crippen LogP contribution is 2.28. The van der Waals surface area contributed by atoms with E-state index < -0.39 is 0 Å². The van der Waals surface area contributed by atoms with Crippen molar-refractivity contribution in [2.75, 3.05) is 33.9 Å². The minimum atomic E-state index is 0.0120. The topological polar surface area (TPSA) is 50.8 Å². The Morgan fingerprint density at radius 1 is 1.36 bits per heavy atom. The third kappa shape index (κ3) is 6.01. The van der Waals surface area contributed by atoms with Crippen molar-refractivity contribution in [2.24, 2.45) is 0 Å². The van der Waals surface area contributed by atoms with Gasteiger partial charge >= 0.3 is 0 Å². The smallest absolute Gasteiger partial charge is 0.257 e. The first kappa shape index (κ1) is 19.7. The van der Waals surface area contributed by atoms with Crippen LogP contribution in [0.2, 0.25) is 0 Å². The molecule has 5 nitrogen and oxygen atoms in total. The lowest BCUT2D eigenvalue weighted by Gasteiger charge is -2.21. The van der Waals surface area contributed by atoms with Crippen molar-refractivity contribution in [3.8, 4) is 5.75 Å². The zero-order valence-electron chi connectivity index (χ0n) is 16.0. The molecule has 0 bridgehead atoms. The van der Waals surface area contributed by atoms with Crippen LogP contribution >= 0.6 is 0 Å². The number of hydrogen-bond acceptors (Lipinski definition) is 4. The van der Waals surface area contributed by atoms with Crippen molar-refractivity contribution in [3.63, 3.8) is 0 Å². The number of nitrogens with one attached hydrogen (secondary N) is 1. The van der Waals surface area contributed by atoms with Crippen LogP contribution in [-0.2, 0) is 4.74 Å². The molecule has 1 aliphatic carbocycles. The van der Waals surface area contributed by atoms with Gasteiger partial charge in [0.2, 0.25) is 0 Å². The molecule has 1 amide bonds. The number of benzene rings is 1. The lowest BCUT2D eigenvalue weighted by atomic mass is 10.0. The van der Waals surface area contributed by atoms with Gasteiger partial charge in [0, 0.05) is 45.8 Å². The molecule has 1 saturated carbocycles. The Hall–Kier alpha value is -1.59. The second-order valence-corrected chi connectivity index (χ2v) is 6.84. The minimum absolute atomic E-state index is 0.0120. The summed E-state index contributed by atoms with van der Waals surface area (Å²) in [5.74, 6) is 0.684. The van der Waals surface area contributed by atoms with Crippen molar-refractivity contribution in [2.45, 2.75) is 51.6 Å². The fourth-order valence-corrected chi connectivity index (χ4v) is 2.83. The molecule has 1 unspecified atom stereocenters. The number of carbonyl (C=O) groups excluding carboxylic acids is 1. The van der Waals surface area contributed by atoms with Crippen molar-refractivity contribution in [3.05, 3.63) is 29.3 Å². The number of ether oxygens (including phenoxy) is 2. The number of methoxy groups -OCH3 is 1. The van der Waals surface area contributed by atoms with Crippen LogP contribution in [0.15, 0.2) is 18.2 Å². The van der Waals surface area contributed by atoms with Gasteiger partial charge in [-0.2, -0.15) is 0 Å². The summed E-state index contributed by atoms with van der Waals surface area (Å²) in [5.41, 5.74) is 1.79. The van der Waals surface area contributed by atoms with E-state index in [-0.39, 0.29) is 11.9 Å². The Kier molecular flexibility index (Phi) is 7.72. The van der Waals surface area contributed by atoms with E-state index in [1.54, 1.807) is 12.0 Å². The third-order valence-corrected chi connectivity index (χ3v) is 4.46. The summed E-state index contributed by atoms with van der Waals surface area (Å²) in [7, 11) is 3.52. The van der Waals surface area contributed by atoms with Crippen LogP contribution in [0.1, 0.15) is 61.5 Å². The zero-order chi connectivity index (χ0) is 18.2. The predicted molar refractivity (Wildman–Crippen MR) is 100 cm³/mol. The monoisotopic (exact) mass is 348 g/mol. The fourth-order valence-electron chi connectivity index (χ4n) is 2.83. The minimum Gasteiger partial charge on any atom is -0.493 e. The Morgan fingerprint density at radius 2 is 2.12 bits per heavy atom. The molecule has 1 aromatic rings. The largest absolute Gasteiger partial charge is 0.493 e. The van der Waals surface area contributed by atoms with E-state index in [9.17, 15) is 4.79 Å². The average molecular weight is 348 g/mol. The molecule has 0 aliphatic heterocycles. The number of amides is 1. The van der Waals surface area contributed by atoms with Crippen LogP contribution in [0.3, 0.4) is 0 Å². The van der Waals surface area contributed by atoms with Crippen molar-refractivity contribution in [1.82, 2.24) is 10.2 Å². The van der Waals surface area contributed by atoms with Gasteiger partial charge in [0.15, 0.2) is 0 Å². The van der Waals surface area contributed by atoms with Gasteiger partial charge in [-0.15, -0.1) is 0 Å². The quantitative estimate of drug-likeness (QED) is 0.623. The SMILES string of the molecule is CCCN(C)C(=O)c1ccc(C(C)NC2CC2)cc1OCCCOC. The molecule has 1 aliphatic rings. The molecule has 1 fully saturated rings. The summed E-state index contributed by atoms with van der Waals surface area (Å²) >= 11 is 0. The molecule has 0 saturated heterocycles. The molecule has 5 heteroatoms. The first-order valence-electron chi connectivity index (χ1n) is 9.34. The van der Waals surface area contributed by atoms with Crippen molar-refractivity contribution >= 4 is 5.91 Å². The summed E-state index contributed by atoms with van der Waals surface area (Å²) in [4.78, 5) is 14.5. The van der Waals surface area contributed by atoms with Gasteiger partial charge < -0.3 is 19.7 Å². The zero-order valence-corrected chi connectivity index (χ0v) is 16.0. The van der Waals surface area contributed by atoms with E-state index in [0.717, 1.165) is 24.9 Å². The Labute approximate surface area is 151 Å². The summed E-state index contributed by atoms with van der Waals surface area (Å²) in [6.07, 6.45) is 4.24. The lowest BCUT2D eigenvalue weighted by Crippen LogP contribution is -2.28. The molecular weight excluding hydrogens is 316 g/mol. The van der Waals surface area contributed by atoms with Gasteiger partial charge in [0.1, 0.15) is 5.75 Å². The molecular formula is C20H32N2O3. The third-order valence-electron chi connectivity index (χ3n) is 4.46. The molecule has 0 spiro atoms. The highest BCUT2D eigenvalue weighted by atomic mass is 16.5. The van der Waals surface area contributed by atoms with E-state index in [0.29, 0.717) is 30.6 Å². The number of rotatable bonds is 11. The first-order chi connectivity index (χ1) is 12.1. The maximum absolute atomic E-state index is 12.7. The summed E-state index contributed by atoms with van der Waals surface area (Å²) < 4.78 is 11.0. The molecule has 0 radical (unpaired) electrons. The maximum Gasteiger partial charge on any atom is 0.257 e. The standard InChI is InChI=1S/C20H32N2O3/c1-5-11-22(3)20(23)18-10-7-16(15(2)21-17-8-9-17)14-19(18)25-13-6-12-24-4/h7,10,14-15,17,21H,5-6,8-9,11-13H2,1-4H3. The van der Waals surface area contributed by atoms with E-state index in [4.69, 9.17) is 9.47 Å². The first-order valence-corrected chi connectivity index (χ1v) is 9.34.